The van der Waals surface area contributed by atoms with Gasteiger partial charge in [0.15, 0.2) is 0 Å². The van der Waals surface area contributed by atoms with Gasteiger partial charge >= 0.3 is 0 Å². The Morgan fingerprint density at radius 2 is 1.78 bits per heavy atom. The van der Waals surface area contributed by atoms with Gasteiger partial charge in [-0.3, -0.25) is 4.79 Å². The van der Waals surface area contributed by atoms with E-state index in [4.69, 9.17) is 0 Å². The fourth-order valence-corrected chi connectivity index (χ4v) is 2.54. The third kappa shape index (κ3) is 4.44. The summed E-state index contributed by atoms with van der Waals surface area (Å²) in [4.78, 5) is 20.5. The number of halogens is 2. The van der Waals surface area contributed by atoms with Crippen molar-refractivity contribution in [3.8, 4) is 0 Å². The number of benzene rings is 2. The van der Waals surface area contributed by atoms with Gasteiger partial charge in [0, 0.05) is 11.8 Å². The van der Waals surface area contributed by atoms with Crippen LogP contribution in [0.25, 0.3) is 0 Å². The van der Waals surface area contributed by atoms with Gasteiger partial charge in [0.1, 0.15) is 23.1 Å². The predicted octanol–water partition coefficient (Wildman–Crippen LogP) is 4.87. The molecule has 7 heteroatoms. The number of nitrogens with one attached hydrogen (secondary N) is 2. The van der Waals surface area contributed by atoms with Gasteiger partial charge in [-0.2, -0.15) is 0 Å². The molecule has 3 rings (SSSR count). The molecule has 0 unspecified atom stereocenters. The van der Waals surface area contributed by atoms with E-state index in [1.54, 1.807) is 0 Å². The number of anilines is 3. The first-order valence-electron chi connectivity index (χ1n) is 8.38. The second kappa shape index (κ2) is 7.90. The van der Waals surface area contributed by atoms with Crippen LogP contribution >= 0.6 is 0 Å². The van der Waals surface area contributed by atoms with Crippen LogP contribution in [0.2, 0.25) is 0 Å². The van der Waals surface area contributed by atoms with Crippen molar-refractivity contribution < 1.29 is 13.6 Å². The van der Waals surface area contributed by atoms with Crippen molar-refractivity contribution in [1.29, 1.82) is 0 Å². The van der Waals surface area contributed by atoms with Gasteiger partial charge in [0.2, 0.25) is 0 Å². The van der Waals surface area contributed by atoms with E-state index in [-0.39, 0.29) is 23.1 Å². The zero-order valence-corrected chi connectivity index (χ0v) is 14.8. The Morgan fingerprint density at radius 1 is 1.00 bits per heavy atom. The molecule has 1 aromatic heterocycles. The van der Waals surface area contributed by atoms with Crippen molar-refractivity contribution in [2.75, 3.05) is 10.6 Å². The number of rotatable bonds is 5. The molecule has 0 saturated carbocycles. The van der Waals surface area contributed by atoms with Gasteiger partial charge in [-0.25, -0.2) is 18.7 Å². The maximum absolute atomic E-state index is 13.7. The lowest BCUT2D eigenvalue weighted by Crippen LogP contribution is -2.15. The van der Waals surface area contributed by atoms with Crippen LogP contribution in [0, 0.1) is 11.6 Å². The van der Waals surface area contributed by atoms with Gasteiger partial charge in [-0.15, -0.1) is 0 Å². The summed E-state index contributed by atoms with van der Waals surface area (Å²) in [5, 5.41) is 5.52. The van der Waals surface area contributed by atoms with Crippen LogP contribution in [0.15, 0.2) is 54.9 Å². The van der Waals surface area contributed by atoms with E-state index in [1.807, 2.05) is 38.1 Å². The Kier molecular flexibility index (Phi) is 5.40. The number of amides is 1. The molecule has 0 saturated heterocycles. The lowest BCUT2D eigenvalue weighted by atomic mass is 10.0. The molecule has 0 bridgehead atoms. The number of nitrogens with zero attached hydrogens (tertiary/aromatic N) is 2. The third-order valence-electron chi connectivity index (χ3n) is 3.91. The molecule has 0 spiro atoms. The van der Waals surface area contributed by atoms with Crippen molar-refractivity contribution in [3.05, 3.63) is 77.8 Å². The molecule has 0 aliphatic carbocycles. The second-order valence-corrected chi connectivity index (χ2v) is 6.23. The Bertz CT molecular complexity index is 958. The number of para-hydroxylation sites is 1. The van der Waals surface area contributed by atoms with Gasteiger partial charge in [0.05, 0.1) is 18.1 Å². The summed E-state index contributed by atoms with van der Waals surface area (Å²) in [6.45, 7) is 4.08. The highest BCUT2D eigenvalue weighted by molar-refractivity contribution is 6.03. The molecule has 0 aliphatic rings. The van der Waals surface area contributed by atoms with E-state index in [0.717, 1.165) is 23.4 Å². The summed E-state index contributed by atoms with van der Waals surface area (Å²) in [5.74, 6) is -1.32. The Labute approximate surface area is 155 Å². The molecule has 3 aromatic rings. The Hall–Kier alpha value is -3.35. The number of hydrogen-bond donors (Lipinski definition) is 2. The van der Waals surface area contributed by atoms with E-state index in [1.165, 1.54) is 18.5 Å². The second-order valence-electron chi connectivity index (χ2n) is 6.23. The summed E-state index contributed by atoms with van der Waals surface area (Å²) in [7, 11) is 0. The summed E-state index contributed by atoms with van der Waals surface area (Å²) in [5.41, 5.74) is 1.92. The van der Waals surface area contributed by atoms with Gasteiger partial charge < -0.3 is 10.6 Å². The largest absolute Gasteiger partial charge is 0.337 e. The first kappa shape index (κ1) is 18.4. The Balaban J connectivity index is 1.72. The molecule has 5 nitrogen and oxygen atoms in total. The number of aromatic nitrogens is 2. The standard InChI is InChI=1S/C20H18F2N4O/c1-12(2)14-5-3-4-6-16(14)26-20(27)18-10-24-19(11-23-18)25-17-8-7-13(21)9-15(17)22/h3-12H,1-2H3,(H,24,25)(H,26,27). The van der Waals surface area contributed by atoms with Crippen molar-refractivity contribution in [1.82, 2.24) is 9.97 Å². The molecule has 0 fully saturated rings. The van der Waals surface area contributed by atoms with E-state index in [2.05, 4.69) is 20.6 Å². The van der Waals surface area contributed by atoms with Crippen LogP contribution in [0.5, 0.6) is 0 Å². The van der Waals surface area contributed by atoms with E-state index in [9.17, 15) is 13.6 Å². The quantitative estimate of drug-likeness (QED) is 0.674. The molecule has 27 heavy (non-hydrogen) atoms. The van der Waals surface area contributed by atoms with Crippen LogP contribution in [-0.4, -0.2) is 15.9 Å². The molecule has 0 radical (unpaired) electrons. The van der Waals surface area contributed by atoms with Crippen LogP contribution in [0.1, 0.15) is 35.8 Å². The fraction of sp³-hybridized carbons (Fsp3) is 0.150. The molecular formula is C20H18F2N4O. The lowest BCUT2D eigenvalue weighted by Gasteiger charge is -2.13. The maximum atomic E-state index is 13.7. The summed E-state index contributed by atoms with van der Waals surface area (Å²) >= 11 is 0. The first-order chi connectivity index (χ1) is 12.9. The molecule has 1 heterocycles. The molecule has 2 aromatic carbocycles. The minimum absolute atomic E-state index is 0.0637. The average molecular weight is 368 g/mol. The fourth-order valence-electron chi connectivity index (χ4n) is 2.54. The maximum Gasteiger partial charge on any atom is 0.275 e. The predicted molar refractivity (Wildman–Crippen MR) is 100 cm³/mol. The van der Waals surface area contributed by atoms with Crippen molar-refractivity contribution in [2.45, 2.75) is 19.8 Å². The van der Waals surface area contributed by atoms with E-state index in [0.29, 0.717) is 0 Å². The monoisotopic (exact) mass is 368 g/mol. The van der Waals surface area contributed by atoms with Gasteiger partial charge in [-0.05, 0) is 29.7 Å². The molecule has 0 atom stereocenters. The zero-order chi connectivity index (χ0) is 19.4. The number of carbonyl (C=O) groups excluding carboxylic acids is 1. The number of carbonyl (C=O) groups is 1. The van der Waals surface area contributed by atoms with E-state index < -0.39 is 17.5 Å². The SMILES string of the molecule is CC(C)c1ccccc1NC(=O)c1cnc(Nc2ccc(F)cc2F)cn1. The highest BCUT2D eigenvalue weighted by atomic mass is 19.1. The molecular weight excluding hydrogens is 350 g/mol. The van der Waals surface area contributed by atoms with E-state index >= 15 is 0 Å². The van der Waals surface area contributed by atoms with Crippen molar-refractivity contribution >= 4 is 23.1 Å². The van der Waals surface area contributed by atoms with Crippen LogP contribution in [-0.2, 0) is 0 Å². The first-order valence-corrected chi connectivity index (χ1v) is 8.38. The molecule has 138 valence electrons. The summed E-state index contributed by atoms with van der Waals surface area (Å²) < 4.78 is 26.6. The Morgan fingerprint density at radius 3 is 2.44 bits per heavy atom. The summed E-state index contributed by atoms with van der Waals surface area (Å²) in [6.07, 6.45) is 2.60. The third-order valence-corrected chi connectivity index (χ3v) is 3.91. The number of hydrogen-bond acceptors (Lipinski definition) is 4. The lowest BCUT2D eigenvalue weighted by molar-refractivity contribution is 0.102. The van der Waals surface area contributed by atoms with Crippen LogP contribution < -0.4 is 10.6 Å². The van der Waals surface area contributed by atoms with Crippen molar-refractivity contribution in [2.24, 2.45) is 0 Å². The highest BCUT2D eigenvalue weighted by Crippen LogP contribution is 2.24. The molecule has 0 aliphatic heterocycles. The van der Waals surface area contributed by atoms with Crippen LogP contribution in [0.4, 0.5) is 26.0 Å². The zero-order valence-electron chi connectivity index (χ0n) is 14.8. The summed E-state index contributed by atoms with van der Waals surface area (Å²) in [6, 6.07) is 10.7. The average Bonchev–Trinajstić information content (AvgIpc) is 2.65. The normalized spacial score (nSPS) is 10.7. The van der Waals surface area contributed by atoms with Gasteiger partial charge in [0.25, 0.3) is 5.91 Å². The molecule has 2 N–H and O–H groups in total. The minimum atomic E-state index is -0.746. The molecule has 1 amide bonds. The van der Waals surface area contributed by atoms with Crippen LogP contribution in [0.3, 0.4) is 0 Å². The topological polar surface area (TPSA) is 66.9 Å². The smallest absolute Gasteiger partial charge is 0.275 e. The van der Waals surface area contributed by atoms with Gasteiger partial charge in [-0.1, -0.05) is 32.0 Å². The highest BCUT2D eigenvalue weighted by Gasteiger charge is 2.13. The van der Waals surface area contributed by atoms with Crippen molar-refractivity contribution in [3.63, 3.8) is 0 Å². The minimum Gasteiger partial charge on any atom is -0.337 e.